The zero-order valence-electron chi connectivity index (χ0n) is 15.4. The van der Waals surface area contributed by atoms with Gasteiger partial charge >= 0.3 is 0 Å². The Morgan fingerprint density at radius 3 is 2.41 bits per heavy atom. The SMILES string of the molecule is COc1cc(S(=O)(=O)N2CCOCC2)ccc1NC(=S)Nc1ccc(F)cc1F. The van der Waals surface area contributed by atoms with Crippen LogP contribution in [-0.4, -0.2) is 51.2 Å². The van der Waals surface area contributed by atoms with Gasteiger partial charge in [0.1, 0.15) is 17.4 Å². The summed E-state index contributed by atoms with van der Waals surface area (Å²) >= 11 is 5.15. The Hall–Kier alpha value is -2.34. The van der Waals surface area contributed by atoms with Crippen LogP contribution < -0.4 is 15.4 Å². The van der Waals surface area contributed by atoms with Crippen molar-refractivity contribution < 1.29 is 26.7 Å². The van der Waals surface area contributed by atoms with Gasteiger partial charge in [0.05, 0.1) is 36.6 Å². The molecule has 1 aliphatic heterocycles. The van der Waals surface area contributed by atoms with Crippen LogP contribution in [0.25, 0.3) is 0 Å². The highest BCUT2D eigenvalue weighted by molar-refractivity contribution is 7.89. The highest BCUT2D eigenvalue weighted by Gasteiger charge is 2.27. The summed E-state index contributed by atoms with van der Waals surface area (Å²) in [4.78, 5) is 0.0743. The number of thiocarbonyl (C=S) groups is 1. The molecular weight excluding hydrogens is 424 g/mol. The summed E-state index contributed by atoms with van der Waals surface area (Å²) in [7, 11) is -2.30. The molecule has 0 spiro atoms. The minimum atomic E-state index is -3.69. The minimum Gasteiger partial charge on any atom is -0.495 e. The van der Waals surface area contributed by atoms with E-state index in [1.165, 1.54) is 35.7 Å². The van der Waals surface area contributed by atoms with Gasteiger partial charge in [-0.05, 0) is 36.5 Å². The molecule has 156 valence electrons. The van der Waals surface area contributed by atoms with Crippen molar-refractivity contribution in [3.8, 4) is 5.75 Å². The van der Waals surface area contributed by atoms with E-state index in [4.69, 9.17) is 21.7 Å². The second kappa shape index (κ2) is 8.99. The van der Waals surface area contributed by atoms with Crippen molar-refractivity contribution in [1.29, 1.82) is 0 Å². The van der Waals surface area contributed by atoms with E-state index in [-0.39, 0.29) is 34.5 Å². The Morgan fingerprint density at radius 1 is 1.10 bits per heavy atom. The third-order valence-corrected chi connectivity index (χ3v) is 6.31. The fourth-order valence-electron chi connectivity index (χ4n) is 2.74. The maximum Gasteiger partial charge on any atom is 0.243 e. The Balaban J connectivity index is 1.77. The Labute approximate surface area is 172 Å². The van der Waals surface area contributed by atoms with Crippen molar-refractivity contribution >= 4 is 38.7 Å². The normalized spacial score (nSPS) is 15.0. The standard InChI is InChI=1S/C18H19F2N3O4S2/c1-26-17-11-13(29(24,25)23-6-8-27-9-7-23)3-5-16(17)22-18(28)21-15-4-2-12(19)10-14(15)20/h2-5,10-11H,6-9H2,1H3,(H2,21,22,28). The van der Waals surface area contributed by atoms with Gasteiger partial charge < -0.3 is 20.1 Å². The number of hydrogen-bond acceptors (Lipinski definition) is 5. The molecule has 0 unspecified atom stereocenters. The molecule has 3 rings (SSSR count). The van der Waals surface area contributed by atoms with Crippen LogP contribution in [-0.2, 0) is 14.8 Å². The highest BCUT2D eigenvalue weighted by atomic mass is 32.2. The Kier molecular flexibility index (Phi) is 6.63. The zero-order chi connectivity index (χ0) is 21.0. The average molecular weight is 443 g/mol. The first kappa shape index (κ1) is 21.4. The number of morpholine rings is 1. The lowest BCUT2D eigenvalue weighted by atomic mass is 10.3. The van der Waals surface area contributed by atoms with Crippen molar-refractivity contribution in [2.45, 2.75) is 4.90 Å². The molecule has 2 N–H and O–H groups in total. The second-order valence-corrected chi connectivity index (χ2v) is 8.43. The van der Waals surface area contributed by atoms with E-state index < -0.39 is 21.7 Å². The van der Waals surface area contributed by atoms with Gasteiger partial charge in [0.25, 0.3) is 0 Å². The number of rotatable bonds is 5. The number of nitrogens with one attached hydrogen (secondary N) is 2. The van der Waals surface area contributed by atoms with Crippen LogP contribution in [0.5, 0.6) is 5.75 Å². The quantitative estimate of drug-likeness (QED) is 0.688. The third-order valence-electron chi connectivity index (χ3n) is 4.21. The smallest absolute Gasteiger partial charge is 0.243 e. The molecule has 0 saturated carbocycles. The van der Waals surface area contributed by atoms with Gasteiger partial charge in [-0.15, -0.1) is 0 Å². The lowest BCUT2D eigenvalue weighted by molar-refractivity contribution is 0.0730. The topological polar surface area (TPSA) is 79.9 Å². The summed E-state index contributed by atoms with van der Waals surface area (Å²) < 4.78 is 64.1. The lowest BCUT2D eigenvalue weighted by Crippen LogP contribution is -2.40. The number of nitrogens with zero attached hydrogens (tertiary/aromatic N) is 1. The predicted molar refractivity (Wildman–Crippen MR) is 109 cm³/mol. The largest absolute Gasteiger partial charge is 0.495 e. The van der Waals surface area contributed by atoms with Gasteiger partial charge in [-0.1, -0.05) is 0 Å². The van der Waals surface area contributed by atoms with Crippen molar-refractivity contribution in [2.75, 3.05) is 44.0 Å². The molecule has 0 amide bonds. The molecule has 0 atom stereocenters. The molecule has 2 aromatic carbocycles. The summed E-state index contributed by atoms with van der Waals surface area (Å²) in [5.74, 6) is -1.26. The number of halogens is 2. The van der Waals surface area contributed by atoms with Gasteiger partial charge in [-0.2, -0.15) is 4.31 Å². The second-order valence-electron chi connectivity index (χ2n) is 6.08. The number of benzene rings is 2. The molecule has 29 heavy (non-hydrogen) atoms. The molecule has 0 bridgehead atoms. The van der Waals surface area contributed by atoms with E-state index in [0.29, 0.717) is 18.9 Å². The van der Waals surface area contributed by atoms with E-state index in [9.17, 15) is 17.2 Å². The van der Waals surface area contributed by atoms with E-state index in [2.05, 4.69) is 10.6 Å². The zero-order valence-corrected chi connectivity index (χ0v) is 17.1. The molecule has 11 heteroatoms. The average Bonchev–Trinajstić information content (AvgIpc) is 2.71. The summed E-state index contributed by atoms with van der Waals surface area (Å²) in [6.07, 6.45) is 0. The van der Waals surface area contributed by atoms with Crippen molar-refractivity contribution in [3.05, 3.63) is 48.0 Å². The number of methoxy groups -OCH3 is 1. The maximum absolute atomic E-state index is 13.8. The summed E-state index contributed by atoms with van der Waals surface area (Å²) in [6, 6.07) is 7.36. The van der Waals surface area contributed by atoms with Crippen LogP contribution in [0.4, 0.5) is 20.2 Å². The van der Waals surface area contributed by atoms with Crippen LogP contribution in [0.2, 0.25) is 0 Å². The Bertz CT molecular complexity index is 1010. The molecule has 0 radical (unpaired) electrons. The van der Waals surface area contributed by atoms with Gasteiger partial charge in [-0.3, -0.25) is 0 Å². The van der Waals surface area contributed by atoms with Crippen molar-refractivity contribution in [2.24, 2.45) is 0 Å². The number of anilines is 2. The summed E-state index contributed by atoms with van der Waals surface area (Å²) in [6.45, 7) is 1.25. The molecule has 1 fully saturated rings. The monoisotopic (exact) mass is 443 g/mol. The predicted octanol–water partition coefficient (Wildman–Crippen LogP) is 2.80. The third kappa shape index (κ3) is 4.99. The molecule has 0 aliphatic carbocycles. The van der Waals surface area contributed by atoms with E-state index in [0.717, 1.165) is 12.1 Å². The first-order valence-corrected chi connectivity index (χ1v) is 10.4. The van der Waals surface area contributed by atoms with E-state index in [1.807, 2.05) is 0 Å². The van der Waals surface area contributed by atoms with Crippen LogP contribution in [0.15, 0.2) is 41.3 Å². The van der Waals surface area contributed by atoms with Gasteiger partial charge in [0.2, 0.25) is 10.0 Å². The first-order valence-electron chi connectivity index (χ1n) is 8.60. The number of ether oxygens (including phenoxy) is 2. The van der Waals surface area contributed by atoms with Crippen LogP contribution in [0.3, 0.4) is 0 Å². The molecule has 1 saturated heterocycles. The highest BCUT2D eigenvalue weighted by Crippen LogP contribution is 2.29. The van der Waals surface area contributed by atoms with Gasteiger partial charge in [0, 0.05) is 25.2 Å². The molecule has 1 aliphatic rings. The first-order chi connectivity index (χ1) is 13.8. The Morgan fingerprint density at radius 2 is 1.76 bits per heavy atom. The van der Waals surface area contributed by atoms with Crippen LogP contribution in [0.1, 0.15) is 0 Å². The van der Waals surface area contributed by atoms with Crippen molar-refractivity contribution in [3.63, 3.8) is 0 Å². The fraction of sp³-hybridized carbons (Fsp3) is 0.278. The molecular formula is C18H19F2N3O4S2. The molecule has 1 heterocycles. The molecule has 0 aromatic heterocycles. The van der Waals surface area contributed by atoms with Crippen LogP contribution >= 0.6 is 12.2 Å². The fourth-order valence-corrected chi connectivity index (χ4v) is 4.38. The number of sulfonamides is 1. The number of hydrogen-bond donors (Lipinski definition) is 2. The van der Waals surface area contributed by atoms with Gasteiger partial charge in [0.15, 0.2) is 5.11 Å². The summed E-state index contributed by atoms with van der Waals surface area (Å²) in [5, 5.41) is 5.46. The molecule has 2 aromatic rings. The maximum atomic E-state index is 13.8. The molecule has 7 nitrogen and oxygen atoms in total. The summed E-state index contributed by atoms with van der Waals surface area (Å²) in [5.41, 5.74) is 0.378. The van der Waals surface area contributed by atoms with E-state index >= 15 is 0 Å². The van der Waals surface area contributed by atoms with Gasteiger partial charge in [-0.25, -0.2) is 17.2 Å². The van der Waals surface area contributed by atoms with E-state index in [1.54, 1.807) is 0 Å². The van der Waals surface area contributed by atoms with Crippen molar-refractivity contribution in [1.82, 2.24) is 4.31 Å². The van der Waals surface area contributed by atoms with Crippen LogP contribution in [0, 0.1) is 11.6 Å². The minimum absolute atomic E-state index is 0.00520. The lowest BCUT2D eigenvalue weighted by Gasteiger charge is -2.26.